The Morgan fingerprint density at radius 2 is 2.00 bits per heavy atom. The Morgan fingerprint density at radius 1 is 1.18 bits per heavy atom. The number of carbonyl (C=O) groups is 1. The van der Waals surface area contributed by atoms with Crippen molar-refractivity contribution in [3.63, 3.8) is 0 Å². The largest absolute Gasteiger partial charge is 0.392 e. The van der Waals surface area contributed by atoms with Crippen LogP contribution in [0, 0.1) is 0 Å². The van der Waals surface area contributed by atoms with Gasteiger partial charge in [0.15, 0.2) is 17.3 Å². The smallest absolute Gasteiger partial charge is 0.275 e. The zero-order chi connectivity index (χ0) is 19.4. The van der Waals surface area contributed by atoms with Crippen molar-refractivity contribution in [3.05, 3.63) is 41.6 Å². The van der Waals surface area contributed by atoms with Crippen LogP contribution in [0.25, 0.3) is 10.9 Å². The zero-order valence-corrected chi connectivity index (χ0v) is 16.0. The van der Waals surface area contributed by atoms with Crippen molar-refractivity contribution in [1.82, 2.24) is 34.3 Å². The molecular formula is C19H23N7O2. The van der Waals surface area contributed by atoms with Gasteiger partial charge < -0.3 is 14.6 Å². The predicted molar refractivity (Wildman–Crippen MR) is 101 cm³/mol. The van der Waals surface area contributed by atoms with Crippen molar-refractivity contribution >= 4 is 16.8 Å². The summed E-state index contributed by atoms with van der Waals surface area (Å²) < 4.78 is 3.84. The first-order valence-corrected chi connectivity index (χ1v) is 9.54. The van der Waals surface area contributed by atoms with Crippen LogP contribution >= 0.6 is 0 Å². The van der Waals surface area contributed by atoms with E-state index in [-0.39, 0.29) is 18.1 Å². The van der Waals surface area contributed by atoms with Crippen LogP contribution in [0.1, 0.15) is 34.6 Å². The van der Waals surface area contributed by atoms with Crippen LogP contribution in [0.4, 0.5) is 0 Å². The lowest BCUT2D eigenvalue weighted by Gasteiger charge is -2.28. The molecular weight excluding hydrogens is 358 g/mol. The molecule has 146 valence electrons. The highest BCUT2D eigenvalue weighted by Crippen LogP contribution is 2.31. The topological polar surface area (TPSA) is 92.3 Å². The number of para-hydroxylation sites is 1. The van der Waals surface area contributed by atoms with Crippen LogP contribution in [0.3, 0.4) is 0 Å². The fraction of sp³-hybridized carbons (Fsp3) is 0.474. The number of benzene rings is 1. The molecule has 0 bridgehead atoms. The quantitative estimate of drug-likeness (QED) is 0.697. The molecule has 9 nitrogen and oxygen atoms in total. The van der Waals surface area contributed by atoms with E-state index in [1.165, 1.54) is 0 Å². The molecule has 9 heteroatoms. The highest BCUT2D eigenvalue weighted by Gasteiger charge is 2.35. The van der Waals surface area contributed by atoms with E-state index in [1.807, 2.05) is 38.4 Å². The Morgan fingerprint density at radius 3 is 2.79 bits per heavy atom. The normalized spacial score (nSPS) is 22.8. The minimum absolute atomic E-state index is 0.0678. The molecule has 2 aliphatic heterocycles. The molecule has 1 N–H and O–H groups in total. The predicted octanol–water partition coefficient (Wildman–Crippen LogP) is 0.558. The number of nitrogens with zero attached hydrogens (tertiary/aromatic N) is 7. The van der Waals surface area contributed by atoms with Crippen molar-refractivity contribution in [1.29, 1.82) is 0 Å². The van der Waals surface area contributed by atoms with E-state index in [9.17, 15) is 9.90 Å². The van der Waals surface area contributed by atoms with Gasteiger partial charge in [0.1, 0.15) is 0 Å². The highest BCUT2D eigenvalue weighted by atomic mass is 16.3. The highest BCUT2D eigenvalue weighted by molar-refractivity contribution is 6.04. The first-order chi connectivity index (χ1) is 13.5. The van der Waals surface area contributed by atoms with E-state index in [2.05, 4.69) is 24.8 Å². The van der Waals surface area contributed by atoms with Gasteiger partial charge in [-0.05, 0) is 19.5 Å². The molecule has 0 radical (unpaired) electrons. The van der Waals surface area contributed by atoms with Gasteiger partial charge in [0, 0.05) is 32.1 Å². The van der Waals surface area contributed by atoms with Crippen molar-refractivity contribution in [2.24, 2.45) is 7.05 Å². The van der Waals surface area contributed by atoms with Crippen LogP contribution in [-0.2, 0) is 20.1 Å². The van der Waals surface area contributed by atoms with Gasteiger partial charge in [-0.1, -0.05) is 18.2 Å². The van der Waals surface area contributed by atoms with E-state index >= 15 is 0 Å². The van der Waals surface area contributed by atoms with Crippen LogP contribution in [0.5, 0.6) is 0 Å². The number of hydrogen-bond acceptors (Lipinski definition) is 6. The van der Waals surface area contributed by atoms with Gasteiger partial charge in [-0.2, -0.15) is 5.10 Å². The molecule has 1 amide bonds. The summed E-state index contributed by atoms with van der Waals surface area (Å²) in [4.78, 5) is 17.0. The third-order valence-electron chi connectivity index (χ3n) is 5.85. The van der Waals surface area contributed by atoms with Gasteiger partial charge in [0.05, 0.1) is 24.2 Å². The number of rotatable bonds is 2. The second kappa shape index (κ2) is 6.39. The third-order valence-corrected chi connectivity index (χ3v) is 5.85. The summed E-state index contributed by atoms with van der Waals surface area (Å²) in [5.41, 5.74) is 1.42. The molecule has 4 heterocycles. The van der Waals surface area contributed by atoms with Gasteiger partial charge >= 0.3 is 0 Å². The summed E-state index contributed by atoms with van der Waals surface area (Å²) in [6.07, 6.45) is 0.332. The van der Waals surface area contributed by atoms with Gasteiger partial charge in [-0.3, -0.25) is 14.4 Å². The van der Waals surface area contributed by atoms with Crippen LogP contribution in [0.2, 0.25) is 0 Å². The van der Waals surface area contributed by atoms with Crippen molar-refractivity contribution in [2.45, 2.75) is 31.7 Å². The number of β-amino-alcohol motifs (C(OH)–C–C–N with tert-alkyl or cyclic N) is 1. The Bertz CT molecular complexity index is 1060. The number of carbonyl (C=O) groups excluding carboxylic acids is 1. The molecule has 2 aliphatic rings. The minimum atomic E-state index is -0.331. The van der Waals surface area contributed by atoms with Gasteiger partial charge in [-0.15, -0.1) is 10.2 Å². The fourth-order valence-corrected chi connectivity index (χ4v) is 4.40. The second-order valence-electron chi connectivity index (χ2n) is 7.69. The minimum Gasteiger partial charge on any atom is -0.392 e. The summed E-state index contributed by atoms with van der Waals surface area (Å²) >= 11 is 0. The van der Waals surface area contributed by atoms with E-state index in [0.717, 1.165) is 22.6 Å². The maximum absolute atomic E-state index is 13.1. The van der Waals surface area contributed by atoms with Crippen LogP contribution in [-0.4, -0.2) is 71.6 Å². The lowest BCUT2D eigenvalue weighted by Crippen LogP contribution is -2.39. The van der Waals surface area contributed by atoms with E-state index in [0.29, 0.717) is 38.3 Å². The molecule has 1 aromatic carbocycles. The Hall–Kier alpha value is -2.78. The number of amides is 1. The Kier molecular flexibility index (Phi) is 3.95. The zero-order valence-electron chi connectivity index (χ0n) is 16.0. The van der Waals surface area contributed by atoms with Gasteiger partial charge in [0.25, 0.3) is 5.91 Å². The maximum atomic E-state index is 13.1. The summed E-state index contributed by atoms with van der Waals surface area (Å²) in [5, 5.41) is 24.0. The third kappa shape index (κ3) is 2.61. The van der Waals surface area contributed by atoms with E-state index in [4.69, 9.17) is 0 Å². The Balaban J connectivity index is 1.41. The van der Waals surface area contributed by atoms with Crippen LogP contribution in [0.15, 0.2) is 24.3 Å². The van der Waals surface area contributed by atoms with Crippen molar-refractivity contribution < 1.29 is 9.90 Å². The molecule has 1 fully saturated rings. The maximum Gasteiger partial charge on any atom is 0.275 e. The average Bonchev–Trinajstić information content (AvgIpc) is 3.36. The second-order valence-corrected chi connectivity index (χ2v) is 7.69. The monoisotopic (exact) mass is 381 g/mol. The molecule has 3 aromatic rings. The Labute approximate surface area is 162 Å². The van der Waals surface area contributed by atoms with Crippen molar-refractivity contribution in [2.75, 3.05) is 20.1 Å². The van der Waals surface area contributed by atoms with E-state index < -0.39 is 0 Å². The number of aliphatic hydroxyl groups is 1. The molecule has 5 rings (SSSR count). The molecule has 1 saturated heterocycles. The summed E-state index contributed by atoms with van der Waals surface area (Å²) in [7, 11) is 3.85. The van der Waals surface area contributed by atoms with Crippen molar-refractivity contribution in [3.8, 4) is 0 Å². The first-order valence-electron chi connectivity index (χ1n) is 9.54. The standard InChI is InChI=1S/C19H23N7O2/c1-23-10-12(27)9-15(23)18-21-20-16-11-25(7-8-26(16)18)19(28)17-13-5-3-4-6-14(13)24(2)22-17/h3-6,12,15,27H,7-11H2,1-2H3/t12-,15+/m1/s1. The lowest BCUT2D eigenvalue weighted by atomic mass is 10.1. The molecule has 0 unspecified atom stereocenters. The first kappa shape index (κ1) is 17.3. The van der Waals surface area contributed by atoms with Gasteiger partial charge in [0.2, 0.25) is 0 Å². The molecule has 0 aliphatic carbocycles. The number of likely N-dealkylation sites (N-methyl/N-ethyl adjacent to an activating group) is 1. The van der Waals surface area contributed by atoms with Crippen LogP contribution < -0.4 is 0 Å². The number of hydrogen-bond donors (Lipinski definition) is 1. The summed E-state index contributed by atoms with van der Waals surface area (Å²) in [5.74, 6) is 1.58. The summed E-state index contributed by atoms with van der Waals surface area (Å²) in [6, 6.07) is 7.83. The SMILES string of the molecule is CN1C[C@H](O)C[C@H]1c1nnc2n1CCN(C(=O)c1nn(C)c3ccccc13)C2. The van der Waals surface area contributed by atoms with E-state index in [1.54, 1.807) is 9.58 Å². The molecule has 28 heavy (non-hydrogen) atoms. The number of fused-ring (bicyclic) bond motifs is 2. The number of likely N-dealkylation sites (tertiary alicyclic amines) is 1. The fourth-order valence-electron chi connectivity index (χ4n) is 4.40. The summed E-state index contributed by atoms with van der Waals surface area (Å²) in [6.45, 7) is 2.29. The average molecular weight is 381 g/mol. The molecule has 2 atom stereocenters. The molecule has 2 aromatic heterocycles. The molecule has 0 saturated carbocycles. The number of aliphatic hydroxyl groups excluding tert-OH is 1. The van der Waals surface area contributed by atoms with Gasteiger partial charge in [-0.25, -0.2) is 0 Å². The lowest BCUT2D eigenvalue weighted by molar-refractivity contribution is 0.0700. The molecule has 0 spiro atoms. The number of aromatic nitrogens is 5. The number of aryl methyl sites for hydroxylation is 1.